The van der Waals surface area contributed by atoms with E-state index < -0.39 is 10.0 Å². The van der Waals surface area contributed by atoms with Gasteiger partial charge in [0.1, 0.15) is 0 Å². The first-order valence-electron chi connectivity index (χ1n) is 6.34. The highest BCUT2D eigenvalue weighted by molar-refractivity contribution is 7.89. The van der Waals surface area contributed by atoms with Crippen LogP contribution in [0.1, 0.15) is 36.2 Å². The second-order valence-electron chi connectivity index (χ2n) is 4.51. The number of primary sulfonamides is 1. The molecule has 0 radical (unpaired) electrons. The fourth-order valence-electron chi connectivity index (χ4n) is 1.93. The van der Waals surface area contributed by atoms with Crippen LogP contribution in [0.3, 0.4) is 0 Å². The summed E-state index contributed by atoms with van der Waals surface area (Å²) in [7, 11) is -3.91. The number of halogens is 1. The monoisotopic (exact) mass is 318 g/mol. The summed E-state index contributed by atoms with van der Waals surface area (Å²) >= 11 is 6.00. The zero-order valence-corrected chi connectivity index (χ0v) is 13.4. The van der Waals surface area contributed by atoms with E-state index in [2.05, 4.69) is 0 Å². The lowest BCUT2D eigenvalue weighted by molar-refractivity contribution is 0.0764. The van der Waals surface area contributed by atoms with Gasteiger partial charge in [-0.25, -0.2) is 13.6 Å². The highest BCUT2D eigenvalue weighted by Gasteiger charge is 2.20. The summed E-state index contributed by atoms with van der Waals surface area (Å²) in [6, 6.07) is 2.77. The molecule has 2 N–H and O–H groups in total. The number of hydrogen-bond donors (Lipinski definition) is 1. The van der Waals surface area contributed by atoms with E-state index in [1.807, 2.05) is 13.8 Å². The van der Waals surface area contributed by atoms with E-state index in [4.69, 9.17) is 16.7 Å². The van der Waals surface area contributed by atoms with Crippen LogP contribution < -0.4 is 5.14 Å². The maximum Gasteiger partial charge on any atom is 0.253 e. The van der Waals surface area contributed by atoms with E-state index >= 15 is 0 Å². The fourth-order valence-corrected chi connectivity index (χ4v) is 3.03. The highest BCUT2D eigenvalue weighted by atomic mass is 35.5. The Bertz CT molecular complexity index is 614. The fraction of sp³-hybridized carbons (Fsp3) is 0.462. The maximum absolute atomic E-state index is 12.3. The van der Waals surface area contributed by atoms with Crippen LogP contribution in [-0.2, 0) is 10.0 Å². The Labute approximate surface area is 124 Å². The normalized spacial score (nSPS) is 11.4. The van der Waals surface area contributed by atoms with Crippen LogP contribution in [0.15, 0.2) is 17.0 Å². The second kappa shape index (κ2) is 6.56. The lowest BCUT2D eigenvalue weighted by Crippen LogP contribution is -2.31. The number of sulfonamides is 1. The van der Waals surface area contributed by atoms with Crippen LogP contribution in [-0.4, -0.2) is 32.3 Å². The van der Waals surface area contributed by atoms with Crippen molar-refractivity contribution in [3.05, 3.63) is 28.3 Å². The molecule has 0 unspecified atom stereocenters. The van der Waals surface area contributed by atoms with Gasteiger partial charge in [0.25, 0.3) is 5.91 Å². The van der Waals surface area contributed by atoms with E-state index in [1.54, 1.807) is 11.8 Å². The maximum atomic E-state index is 12.3. The van der Waals surface area contributed by atoms with E-state index in [0.717, 1.165) is 6.42 Å². The molecule has 20 heavy (non-hydrogen) atoms. The molecule has 0 spiro atoms. The molecular formula is C13H19ClN2O3S. The van der Waals surface area contributed by atoms with Gasteiger partial charge in [-0.2, -0.15) is 0 Å². The molecule has 1 aromatic rings. The van der Waals surface area contributed by atoms with Crippen molar-refractivity contribution < 1.29 is 13.2 Å². The molecule has 0 aromatic heterocycles. The molecule has 1 amide bonds. The number of rotatable bonds is 5. The Balaban J connectivity index is 3.34. The second-order valence-corrected chi connectivity index (χ2v) is 6.45. The van der Waals surface area contributed by atoms with Crippen molar-refractivity contribution >= 4 is 27.5 Å². The number of carbonyl (C=O) groups excluding carboxylic acids is 1. The number of nitrogens with two attached hydrogens (primary N) is 1. The SMILES string of the molecule is CCCN(CC)C(=O)c1cc(Cl)c(C)c(S(N)(=O)=O)c1. The summed E-state index contributed by atoms with van der Waals surface area (Å²) in [6.07, 6.45) is 0.821. The Morgan fingerprint density at radius 1 is 1.35 bits per heavy atom. The summed E-state index contributed by atoms with van der Waals surface area (Å²) in [6.45, 7) is 6.53. The molecule has 0 bridgehead atoms. The smallest absolute Gasteiger partial charge is 0.253 e. The van der Waals surface area contributed by atoms with E-state index in [9.17, 15) is 13.2 Å². The van der Waals surface area contributed by atoms with E-state index in [0.29, 0.717) is 18.7 Å². The third-order valence-corrected chi connectivity index (χ3v) is 4.44. The summed E-state index contributed by atoms with van der Waals surface area (Å²) in [5, 5.41) is 5.37. The molecule has 5 nitrogen and oxygen atoms in total. The van der Waals surface area contributed by atoms with Gasteiger partial charge in [0.15, 0.2) is 0 Å². The molecule has 7 heteroatoms. The zero-order chi connectivity index (χ0) is 15.5. The average molecular weight is 319 g/mol. The molecular weight excluding hydrogens is 300 g/mol. The largest absolute Gasteiger partial charge is 0.339 e. The van der Waals surface area contributed by atoms with Crippen molar-refractivity contribution in [2.45, 2.75) is 32.1 Å². The third-order valence-electron chi connectivity index (χ3n) is 3.01. The topological polar surface area (TPSA) is 80.5 Å². The first kappa shape index (κ1) is 16.9. The van der Waals surface area contributed by atoms with Crippen molar-refractivity contribution in [3.8, 4) is 0 Å². The summed E-state index contributed by atoms with van der Waals surface area (Å²) in [5.74, 6) is -0.249. The quantitative estimate of drug-likeness (QED) is 0.903. The Kier molecular flexibility index (Phi) is 5.56. The van der Waals surface area contributed by atoms with Crippen molar-refractivity contribution in [3.63, 3.8) is 0 Å². The number of hydrogen-bond acceptors (Lipinski definition) is 3. The molecule has 112 valence electrons. The van der Waals surface area contributed by atoms with Crippen molar-refractivity contribution in [2.24, 2.45) is 5.14 Å². The molecule has 0 saturated heterocycles. The molecule has 0 aliphatic rings. The number of amides is 1. The number of carbonyl (C=O) groups is 1. The van der Waals surface area contributed by atoms with Crippen molar-refractivity contribution in [2.75, 3.05) is 13.1 Å². The van der Waals surface area contributed by atoms with Gasteiger partial charge in [-0.1, -0.05) is 18.5 Å². The number of benzene rings is 1. The lowest BCUT2D eigenvalue weighted by atomic mass is 10.1. The molecule has 0 aliphatic heterocycles. The zero-order valence-electron chi connectivity index (χ0n) is 11.8. The van der Waals surface area contributed by atoms with Crippen LogP contribution in [0.2, 0.25) is 5.02 Å². The van der Waals surface area contributed by atoms with Gasteiger partial charge in [0.2, 0.25) is 10.0 Å². The molecule has 1 aromatic carbocycles. The van der Waals surface area contributed by atoms with Gasteiger partial charge >= 0.3 is 0 Å². The van der Waals surface area contributed by atoms with Gasteiger partial charge in [-0.05, 0) is 38.0 Å². The Morgan fingerprint density at radius 2 is 1.95 bits per heavy atom. The van der Waals surface area contributed by atoms with Crippen LogP contribution in [0, 0.1) is 6.92 Å². The summed E-state index contributed by atoms with van der Waals surface area (Å²) in [4.78, 5) is 13.9. The van der Waals surface area contributed by atoms with Gasteiger partial charge in [0, 0.05) is 23.7 Å². The Hall–Kier alpha value is -1.11. The van der Waals surface area contributed by atoms with Gasteiger partial charge < -0.3 is 4.90 Å². The predicted octanol–water partition coefficient (Wildman–Crippen LogP) is 2.17. The first-order chi connectivity index (χ1) is 9.22. The molecule has 0 fully saturated rings. The molecule has 0 saturated carbocycles. The molecule has 0 heterocycles. The Morgan fingerprint density at radius 3 is 2.40 bits per heavy atom. The predicted molar refractivity (Wildman–Crippen MR) is 79.4 cm³/mol. The minimum atomic E-state index is -3.91. The van der Waals surface area contributed by atoms with E-state index in [1.165, 1.54) is 12.1 Å². The summed E-state index contributed by atoms with van der Waals surface area (Å²) in [5.41, 5.74) is 0.587. The van der Waals surface area contributed by atoms with Crippen molar-refractivity contribution in [1.82, 2.24) is 4.90 Å². The first-order valence-corrected chi connectivity index (χ1v) is 8.27. The minimum absolute atomic E-state index is 0.110. The summed E-state index contributed by atoms with van der Waals surface area (Å²) < 4.78 is 23.1. The van der Waals surface area contributed by atoms with Crippen molar-refractivity contribution in [1.29, 1.82) is 0 Å². The third kappa shape index (κ3) is 3.71. The molecule has 1 rings (SSSR count). The standard InChI is InChI=1S/C13H19ClN2O3S/c1-4-6-16(5-2)13(17)10-7-11(14)9(3)12(8-10)20(15,18)19/h7-8H,4-6H2,1-3H3,(H2,15,18,19). The minimum Gasteiger partial charge on any atom is -0.339 e. The molecule has 0 atom stereocenters. The van der Waals surface area contributed by atoms with E-state index in [-0.39, 0.29) is 21.4 Å². The van der Waals surface area contributed by atoms with Crippen LogP contribution >= 0.6 is 11.6 Å². The lowest BCUT2D eigenvalue weighted by Gasteiger charge is -2.21. The van der Waals surface area contributed by atoms with Gasteiger partial charge in [0.05, 0.1) is 4.90 Å². The number of nitrogens with zero attached hydrogens (tertiary/aromatic N) is 1. The molecule has 0 aliphatic carbocycles. The van der Waals surface area contributed by atoms with Crippen LogP contribution in [0.25, 0.3) is 0 Å². The average Bonchev–Trinajstić information content (AvgIpc) is 2.36. The van der Waals surface area contributed by atoms with Crippen LogP contribution in [0.5, 0.6) is 0 Å². The van der Waals surface area contributed by atoms with Crippen LogP contribution in [0.4, 0.5) is 0 Å². The highest BCUT2D eigenvalue weighted by Crippen LogP contribution is 2.25. The van der Waals surface area contributed by atoms with Gasteiger partial charge in [-0.3, -0.25) is 4.79 Å². The van der Waals surface area contributed by atoms with Gasteiger partial charge in [-0.15, -0.1) is 0 Å².